The van der Waals surface area contributed by atoms with Crippen LogP contribution in [-0.2, 0) is 4.74 Å². The first kappa shape index (κ1) is 14.4. The van der Waals surface area contributed by atoms with Gasteiger partial charge in [-0.3, -0.25) is 0 Å². The Kier molecular flexibility index (Phi) is 4.79. The Balaban J connectivity index is 3.56. The van der Waals surface area contributed by atoms with Gasteiger partial charge in [0.15, 0.2) is 11.3 Å². The first-order chi connectivity index (χ1) is 9.12. The topological polar surface area (TPSA) is 75.3 Å². The van der Waals surface area contributed by atoms with Crippen LogP contribution in [0.5, 0.6) is 11.5 Å². The van der Waals surface area contributed by atoms with Crippen molar-refractivity contribution in [3.63, 3.8) is 0 Å². The van der Waals surface area contributed by atoms with Gasteiger partial charge in [0.05, 0.1) is 21.3 Å². The van der Waals surface area contributed by atoms with Crippen LogP contribution in [0.2, 0.25) is 0 Å². The molecule has 98 valence electrons. The maximum Gasteiger partial charge on any atom is 0.172 e. The Morgan fingerprint density at radius 2 is 1.47 bits per heavy atom. The van der Waals surface area contributed by atoms with Gasteiger partial charge in [0.2, 0.25) is 0 Å². The SMILES string of the molecule is COC(=C(C#N)C#N)c1cc(OC)c(C)c(OC)c1. The van der Waals surface area contributed by atoms with E-state index in [2.05, 4.69) is 0 Å². The van der Waals surface area contributed by atoms with Crippen molar-refractivity contribution in [2.24, 2.45) is 0 Å². The first-order valence-electron chi connectivity index (χ1n) is 5.44. The minimum Gasteiger partial charge on any atom is -0.496 e. The van der Waals surface area contributed by atoms with Crippen molar-refractivity contribution in [2.75, 3.05) is 21.3 Å². The highest BCUT2D eigenvalue weighted by atomic mass is 16.5. The molecule has 1 aromatic carbocycles. The molecular formula is C14H14N2O3. The number of nitriles is 2. The fourth-order valence-corrected chi connectivity index (χ4v) is 1.71. The Bertz CT molecular complexity index is 551. The van der Waals surface area contributed by atoms with Gasteiger partial charge in [-0.05, 0) is 19.1 Å². The maximum atomic E-state index is 8.92. The van der Waals surface area contributed by atoms with Gasteiger partial charge in [-0.1, -0.05) is 0 Å². The van der Waals surface area contributed by atoms with Crippen LogP contribution in [0.15, 0.2) is 17.7 Å². The summed E-state index contributed by atoms with van der Waals surface area (Å²) >= 11 is 0. The van der Waals surface area contributed by atoms with Gasteiger partial charge < -0.3 is 14.2 Å². The summed E-state index contributed by atoms with van der Waals surface area (Å²) < 4.78 is 15.6. The van der Waals surface area contributed by atoms with E-state index in [1.807, 2.05) is 6.92 Å². The summed E-state index contributed by atoms with van der Waals surface area (Å²) in [6.45, 7) is 1.85. The summed E-state index contributed by atoms with van der Waals surface area (Å²) in [6.07, 6.45) is 0. The average molecular weight is 258 g/mol. The number of methoxy groups -OCH3 is 3. The zero-order valence-corrected chi connectivity index (χ0v) is 11.3. The lowest BCUT2D eigenvalue weighted by molar-refractivity contribution is 0.365. The average Bonchev–Trinajstić information content (AvgIpc) is 2.45. The molecule has 0 fully saturated rings. The van der Waals surface area contributed by atoms with Gasteiger partial charge >= 0.3 is 0 Å². The second kappa shape index (κ2) is 6.32. The van der Waals surface area contributed by atoms with Gasteiger partial charge in [-0.15, -0.1) is 0 Å². The quantitative estimate of drug-likeness (QED) is 0.612. The third-order valence-corrected chi connectivity index (χ3v) is 2.67. The molecule has 19 heavy (non-hydrogen) atoms. The molecule has 0 N–H and O–H groups in total. The number of hydrogen-bond acceptors (Lipinski definition) is 5. The summed E-state index contributed by atoms with van der Waals surface area (Å²) in [5, 5.41) is 17.8. The smallest absolute Gasteiger partial charge is 0.172 e. The summed E-state index contributed by atoms with van der Waals surface area (Å²) in [6, 6.07) is 7.00. The van der Waals surface area contributed by atoms with Gasteiger partial charge in [0.1, 0.15) is 23.6 Å². The van der Waals surface area contributed by atoms with Gasteiger partial charge in [-0.2, -0.15) is 10.5 Å². The van der Waals surface area contributed by atoms with Crippen LogP contribution in [0.4, 0.5) is 0 Å². The van der Waals surface area contributed by atoms with Crippen molar-refractivity contribution in [3.05, 3.63) is 28.8 Å². The second-order valence-electron chi connectivity index (χ2n) is 3.64. The Morgan fingerprint density at radius 3 is 1.79 bits per heavy atom. The third-order valence-electron chi connectivity index (χ3n) is 2.67. The normalized spacial score (nSPS) is 8.95. The lowest BCUT2D eigenvalue weighted by Crippen LogP contribution is -1.98. The van der Waals surface area contributed by atoms with Gasteiger partial charge in [0.25, 0.3) is 0 Å². The van der Waals surface area contributed by atoms with Gasteiger partial charge in [-0.25, -0.2) is 0 Å². The summed E-state index contributed by atoms with van der Waals surface area (Å²) in [5.41, 5.74) is 1.29. The van der Waals surface area contributed by atoms with E-state index < -0.39 is 0 Å². The van der Waals surface area contributed by atoms with E-state index in [9.17, 15) is 0 Å². The third kappa shape index (κ3) is 2.78. The second-order valence-corrected chi connectivity index (χ2v) is 3.64. The standard InChI is InChI=1S/C14H14N2O3/c1-9-12(17-2)5-10(6-13(9)18-3)14(19-4)11(7-15)8-16/h5-6H,1-4H3. The Labute approximate surface area is 112 Å². The number of hydrogen-bond donors (Lipinski definition) is 0. The number of nitrogens with zero attached hydrogens (tertiary/aromatic N) is 2. The monoisotopic (exact) mass is 258 g/mol. The van der Waals surface area contributed by atoms with Crippen LogP contribution in [0.3, 0.4) is 0 Å². The molecule has 0 aromatic heterocycles. The van der Waals surface area contributed by atoms with E-state index in [-0.39, 0.29) is 11.3 Å². The minimum atomic E-state index is -0.101. The molecule has 0 amide bonds. The molecule has 1 rings (SSSR count). The van der Waals surface area contributed by atoms with Crippen LogP contribution in [-0.4, -0.2) is 21.3 Å². The Morgan fingerprint density at radius 1 is 1.00 bits per heavy atom. The highest BCUT2D eigenvalue weighted by Crippen LogP contribution is 2.33. The molecule has 0 unspecified atom stereocenters. The van der Waals surface area contributed by atoms with E-state index >= 15 is 0 Å². The summed E-state index contributed by atoms with van der Waals surface area (Å²) in [7, 11) is 4.48. The van der Waals surface area contributed by atoms with E-state index in [4.69, 9.17) is 24.7 Å². The van der Waals surface area contributed by atoms with E-state index in [0.717, 1.165) is 5.56 Å². The molecule has 5 nitrogen and oxygen atoms in total. The molecule has 0 saturated heterocycles. The molecule has 0 aliphatic rings. The van der Waals surface area contributed by atoms with Gasteiger partial charge in [0, 0.05) is 11.1 Å². The predicted molar refractivity (Wildman–Crippen MR) is 69.4 cm³/mol. The van der Waals surface area contributed by atoms with Crippen molar-refractivity contribution < 1.29 is 14.2 Å². The molecule has 0 saturated carbocycles. The van der Waals surface area contributed by atoms with Crippen molar-refractivity contribution in [3.8, 4) is 23.6 Å². The summed E-state index contributed by atoms with van der Waals surface area (Å²) in [5.74, 6) is 1.39. The first-order valence-corrected chi connectivity index (χ1v) is 5.44. The van der Waals surface area contributed by atoms with Crippen LogP contribution >= 0.6 is 0 Å². The maximum absolute atomic E-state index is 8.92. The van der Waals surface area contributed by atoms with Crippen LogP contribution < -0.4 is 9.47 Å². The number of allylic oxidation sites excluding steroid dienone is 1. The zero-order chi connectivity index (χ0) is 14.4. The molecule has 0 atom stereocenters. The van der Waals surface area contributed by atoms with Crippen molar-refractivity contribution in [2.45, 2.75) is 6.92 Å². The highest BCUT2D eigenvalue weighted by molar-refractivity contribution is 5.73. The molecular weight excluding hydrogens is 244 g/mol. The number of benzene rings is 1. The highest BCUT2D eigenvalue weighted by Gasteiger charge is 2.15. The zero-order valence-electron chi connectivity index (χ0n) is 11.3. The molecule has 0 aliphatic heterocycles. The molecule has 0 bridgehead atoms. The lowest BCUT2D eigenvalue weighted by Gasteiger charge is -2.14. The largest absolute Gasteiger partial charge is 0.496 e. The minimum absolute atomic E-state index is 0.101. The molecule has 0 radical (unpaired) electrons. The molecule has 5 heteroatoms. The molecule has 1 aromatic rings. The van der Waals surface area contributed by atoms with E-state index in [0.29, 0.717) is 17.1 Å². The number of ether oxygens (including phenoxy) is 3. The molecule has 0 heterocycles. The molecule has 0 spiro atoms. The van der Waals surface area contributed by atoms with E-state index in [1.54, 1.807) is 24.3 Å². The Hall–Kier alpha value is -2.66. The number of rotatable bonds is 4. The van der Waals surface area contributed by atoms with Crippen molar-refractivity contribution >= 4 is 5.76 Å². The fourth-order valence-electron chi connectivity index (χ4n) is 1.71. The van der Waals surface area contributed by atoms with Crippen LogP contribution in [0.1, 0.15) is 11.1 Å². The van der Waals surface area contributed by atoms with Crippen molar-refractivity contribution in [1.29, 1.82) is 10.5 Å². The summed E-state index contributed by atoms with van der Waals surface area (Å²) in [4.78, 5) is 0. The lowest BCUT2D eigenvalue weighted by atomic mass is 10.1. The predicted octanol–water partition coefficient (Wildman–Crippen LogP) is 2.42. The van der Waals surface area contributed by atoms with Crippen LogP contribution in [0.25, 0.3) is 5.76 Å². The molecule has 0 aliphatic carbocycles. The fraction of sp³-hybridized carbons (Fsp3) is 0.286. The van der Waals surface area contributed by atoms with Crippen molar-refractivity contribution in [1.82, 2.24) is 0 Å². The van der Waals surface area contributed by atoms with Crippen LogP contribution in [0, 0.1) is 29.6 Å². The van der Waals surface area contributed by atoms with E-state index in [1.165, 1.54) is 21.3 Å².